The lowest BCUT2D eigenvalue weighted by molar-refractivity contribution is 0.414. The van der Waals surface area contributed by atoms with Crippen LogP contribution in [0.3, 0.4) is 0 Å². The summed E-state index contributed by atoms with van der Waals surface area (Å²) in [5.74, 6) is 6.59. The minimum atomic E-state index is 0.00917. The van der Waals surface area contributed by atoms with Gasteiger partial charge in [-0.15, -0.1) is 0 Å². The van der Waals surface area contributed by atoms with Crippen molar-refractivity contribution in [3.05, 3.63) is 64.5 Å². The third-order valence-corrected chi connectivity index (χ3v) is 4.60. The summed E-state index contributed by atoms with van der Waals surface area (Å²) in [4.78, 5) is 4.58. The van der Waals surface area contributed by atoms with E-state index in [4.69, 9.17) is 5.84 Å². The Hall–Kier alpha value is -1.71. The molecule has 0 saturated heterocycles. The molecule has 3 N–H and O–H groups in total. The number of hydrogen-bond donors (Lipinski definition) is 2. The van der Waals surface area contributed by atoms with Gasteiger partial charge in [0.25, 0.3) is 0 Å². The van der Waals surface area contributed by atoms with Crippen LogP contribution in [-0.4, -0.2) is 4.98 Å². The van der Waals surface area contributed by atoms with Gasteiger partial charge < -0.3 is 0 Å². The monoisotopic (exact) mass is 281 g/mol. The molecular formula is C18H23N3. The number of aryl methyl sites for hydroxylation is 2. The molecule has 3 rings (SSSR count). The fourth-order valence-corrected chi connectivity index (χ4v) is 3.21. The van der Waals surface area contributed by atoms with E-state index in [0.29, 0.717) is 5.92 Å². The van der Waals surface area contributed by atoms with E-state index in [1.807, 2.05) is 6.92 Å². The fourth-order valence-electron chi connectivity index (χ4n) is 3.21. The van der Waals surface area contributed by atoms with Crippen molar-refractivity contribution in [3.63, 3.8) is 0 Å². The highest BCUT2D eigenvalue weighted by molar-refractivity contribution is 5.41. The molecule has 1 unspecified atom stereocenters. The lowest BCUT2D eigenvalue weighted by Gasteiger charge is -2.30. The SMILES string of the molecule is Cc1ccc(C(NN)c2ccccc2C2CCC2)c(C)n1. The number of aromatic nitrogens is 1. The third kappa shape index (κ3) is 2.71. The molecule has 1 aromatic heterocycles. The molecule has 3 nitrogen and oxygen atoms in total. The molecule has 3 heteroatoms. The van der Waals surface area contributed by atoms with Crippen molar-refractivity contribution in [3.8, 4) is 0 Å². The zero-order chi connectivity index (χ0) is 14.8. The maximum atomic E-state index is 5.89. The molecule has 0 aliphatic heterocycles. The molecule has 0 bridgehead atoms. The van der Waals surface area contributed by atoms with Gasteiger partial charge in [0.05, 0.1) is 6.04 Å². The minimum Gasteiger partial charge on any atom is -0.271 e. The van der Waals surface area contributed by atoms with E-state index in [0.717, 1.165) is 17.0 Å². The van der Waals surface area contributed by atoms with Crippen molar-refractivity contribution in [2.45, 2.75) is 45.1 Å². The first-order valence-electron chi connectivity index (χ1n) is 7.70. The molecule has 0 radical (unpaired) electrons. The number of nitrogens with two attached hydrogens (primary N) is 1. The van der Waals surface area contributed by atoms with Gasteiger partial charge in [-0.05, 0) is 55.4 Å². The van der Waals surface area contributed by atoms with Gasteiger partial charge in [0.1, 0.15) is 0 Å². The standard InChI is InChI=1S/C18H23N3/c1-12-10-11-15(13(2)20-12)18(21-19)17-9-4-3-8-16(17)14-6-5-7-14/h3-4,8-11,14,18,21H,5-7,19H2,1-2H3. The lowest BCUT2D eigenvalue weighted by Crippen LogP contribution is -2.31. The van der Waals surface area contributed by atoms with Gasteiger partial charge in [-0.2, -0.15) is 0 Å². The Morgan fingerprint density at radius 1 is 1.10 bits per heavy atom. The molecule has 1 heterocycles. The molecule has 2 aromatic rings. The number of benzene rings is 1. The van der Waals surface area contributed by atoms with Crippen LogP contribution in [0.4, 0.5) is 0 Å². The van der Waals surface area contributed by atoms with Crippen molar-refractivity contribution >= 4 is 0 Å². The molecule has 1 fully saturated rings. The zero-order valence-corrected chi connectivity index (χ0v) is 12.8. The van der Waals surface area contributed by atoms with E-state index in [-0.39, 0.29) is 6.04 Å². The second kappa shape index (κ2) is 5.96. The zero-order valence-electron chi connectivity index (χ0n) is 12.8. The minimum absolute atomic E-state index is 0.00917. The van der Waals surface area contributed by atoms with Crippen LogP contribution < -0.4 is 11.3 Å². The van der Waals surface area contributed by atoms with Gasteiger partial charge >= 0.3 is 0 Å². The van der Waals surface area contributed by atoms with Crippen LogP contribution in [-0.2, 0) is 0 Å². The van der Waals surface area contributed by atoms with Crippen molar-refractivity contribution < 1.29 is 0 Å². The molecular weight excluding hydrogens is 258 g/mol. The van der Waals surface area contributed by atoms with E-state index in [9.17, 15) is 0 Å². The highest BCUT2D eigenvalue weighted by Crippen LogP contribution is 2.40. The molecule has 21 heavy (non-hydrogen) atoms. The normalized spacial score (nSPS) is 16.5. The predicted molar refractivity (Wildman–Crippen MR) is 85.9 cm³/mol. The van der Waals surface area contributed by atoms with Crippen molar-refractivity contribution in [2.75, 3.05) is 0 Å². The Morgan fingerprint density at radius 2 is 1.86 bits per heavy atom. The average molecular weight is 281 g/mol. The predicted octanol–water partition coefficient (Wildman–Crippen LogP) is 3.52. The Balaban J connectivity index is 2.03. The average Bonchev–Trinajstić information content (AvgIpc) is 2.41. The van der Waals surface area contributed by atoms with Crippen molar-refractivity contribution in [2.24, 2.45) is 5.84 Å². The summed E-state index contributed by atoms with van der Waals surface area (Å²) in [6.07, 6.45) is 3.92. The molecule has 1 aromatic carbocycles. The summed E-state index contributed by atoms with van der Waals surface area (Å²) in [5.41, 5.74) is 8.97. The van der Waals surface area contributed by atoms with Crippen LogP contribution in [0.25, 0.3) is 0 Å². The molecule has 0 spiro atoms. The van der Waals surface area contributed by atoms with Crippen LogP contribution >= 0.6 is 0 Å². The van der Waals surface area contributed by atoms with E-state index in [1.54, 1.807) is 0 Å². The Bertz CT molecular complexity index is 632. The smallest absolute Gasteiger partial charge is 0.0730 e. The highest BCUT2D eigenvalue weighted by Gasteiger charge is 2.26. The molecule has 1 aliphatic rings. The van der Waals surface area contributed by atoms with E-state index >= 15 is 0 Å². The van der Waals surface area contributed by atoms with Crippen LogP contribution in [0, 0.1) is 13.8 Å². The molecule has 1 aliphatic carbocycles. The molecule has 1 saturated carbocycles. The summed E-state index contributed by atoms with van der Waals surface area (Å²) >= 11 is 0. The number of pyridine rings is 1. The Kier molecular flexibility index (Phi) is 4.04. The first kappa shape index (κ1) is 14.2. The largest absolute Gasteiger partial charge is 0.271 e. The van der Waals surface area contributed by atoms with E-state index in [2.05, 4.69) is 53.7 Å². The van der Waals surface area contributed by atoms with Crippen LogP contribution in [0.15, 0.2) is 36.4 Å². The van der Waals surface area contributed by atoms with E-state index < -0.39 is 0 Å². The summed E-state index contributed by atoms with van der Waals surface area (Å²) in [6, 6.07) is 12.9. The first-order chi connectivity index (χ1) is 10.2. The van der Waals surface area contributed by atoms with Gasteiger partial charge in [0, 0.05) is 11.4 Å². The van der Waals surface area contributed by atoms with Gasteiger partial charge in [-0.1, -0.05) is 36.8 Å². The van der Waals surface area contributed by atoms with Crippen LogP contribution in [0.2, 0.25) is 0 Å². The van der Waals surface area contributed by atoms with Crippen LogP contribution in [0.1, 0.15) is 59.3 Å². The van der Waals surface area contributed by atoms with Gasteiger partial charge in [0.15, 0.2) is 0 Å². The number of nitrogens with one attached hydrogen (secondary N) is 1. The molecule has 110 valence electrons. The summed E-state index contributed by atoms with van der Waals surface area (Å²) in [7, 11) is 0. The summed E-state index contributed by atoms with van der Waals surface area (Å²) < 4.78 is 0. The highest BCUT2D eigenvalue weighted by atomic mass is 15.2. The number of hydrogen-bond acceptors (Lipinski definition) is 3. The number of rotatable bonds is 4. The molecule has 1 atom stereocenters. The van der Waals surface area contributed by atoms with Crippen molar-refractivity contribution in [1.82, 2.24) is 10.4 Å². The Labute approximate surface area is 126 Å². The van der Waals surface area contributed by atoms with Gasteiger partial charge in [-0.25, -0.2) is 5.43 Å². The first-order valence-corrected chi connectivity index (χ1v) is 7.70. The quantitative estimate of drug-likeness (QED) is 0.666. The van der Waals surface area contributed by atoms with E-state index in [1.165, 1.54) is 30.4 Å². The lowest BCUT2D eigenvalue weighted by atomic mass is 9.76. The van der Waals surface area contributed by atoms with Gasteiger partial charge in [-0.3, -0.25) is 10.8 Å². The number of hydrazine groups is 1. The third-order valence-electron chi connectivity index (χ3n) is 4.60. The summed E-state index contributed by atoms with van der Waals surface area (Å²) in [5, 5.41) is 0. The van der Waals surface area contributed by atoms with Crippen molar-refractivity contribution in [1.29, 1.82) is 0 Å². The maximum Gasteiger partial charge on any atom is 0.0730 e. The fraction of sp³-hybridized carbons (Fsp3) is 0.389. The molecule has 0 amide bonds. The number of nitrogens with zero attached hydrogens (tertiary/aromatic N) is 1. The second-order valence-electron chi connectivity index (χ2n) is 5.98. The van der Waals surface area contributed by atoms with Gasteiger partial charge in [0.2, 0.25) is 0 Å². The van der Waals surface area contributed by atoms with Crippen LogP contribution in [0.5, 0.6) is 0 Å². The summed E-state index contributed by atoms with van der Waals surface area (Å²) in [6.45, 7) is 4.07. The topological polar surface area (TPSA) is 50.9 Å². The Morgan fingerprint density at radius 3 is 2.48 bits per heavy atom. The second-order valence-corrected chi connectivity index (χ2v) is 5.98. The maximum absolute atomic E-state index is 5.89.